The number of likely N-dealkylation sites (tertiary alicyclic amines) is 1. The molecule has 1 fully saturated rings. The van der Waals surface area contributed by atoms with Crippen LogP contribution in [-0.2, 0) is 9.59 Å². The third kappa shape index (κ3) is 4.80. The maximum absolute atomic E-state index is 12.5. The highest BCUT2D eigenvalue weighted by Crippen LogP contribution is 2.34. The van der Waals surface area contributed by atoms with Crippen LogP contribution < -0.4 is 20.1 Å². The summed E-state index contributed by atoms with van der Waals surface area (Å²) in [6, 6.07) is 11.7. The number of carbonyl (C=O) groups excluding carboxylic acids is 3. The lowest BCUT2D eigenvalue weighted by Gasteiger charge is -2.16. The lowest BCUT2D eigenvalue weighted by Crippen LogP contribution is -2.25. The molecule has 2 aromatic rings. The van der Waals surface area contributed by atoms with Crippen molar-refractivity contribution in [1.82, 2.24) is 4.90 Å². The molecule has 0 aromatic heterocycles. The number of aliphatic imine (C=N–C) groups is 1. The molecule has 0 bridgehead atoms. The van der Waals surface area contributed by atoms with E-state index in [0.29, 0.717) is 28.4 Å². The van der Waals surface area contributed by atoms with Crippen molar-refractivity contribution < 1.29 is 23.9 Å². The number of amidine groups is 1. The van der Waals surface area contributed by atoms with E-state index in [4.69, 9.17) is 9.47 Å². The van der Waals surface area contributed by atoms with Gasteiger partial charge < -0.3 is 25.0 Å². The van der Waals surface area contributed by atoms with Crippen LogP contribution in [0.5, 0.6) is 11.5 Å². The van der Waals surface area contributed by atoms with Gasteiger partial charge in [-0.15, -0.1) is 0 Å². The summed E-state index contributed by atoms with van der Waals surface area (Å²) in [5.74, 6) is 0.419. The Kier molecular flexibility index (Phi) is 5.91. The monoisotopic (exact) mass is 466 g/mol. The Balaban J connectivity index is 1.13. The van der Waals surface area contributed by atoms with Crippen molar-refractivity contribution >= 4 is 46.0 Å². The molecule has 10 heteroatoms. The number of amides is 3. The molecule has 9 nitrogen and oxygen atoms in total. The number of anilines is 2. The Morgan fingerprint density at radius 2 is 1.73 bits per heavy atom. The fourth-order valence-electron chi connectivity index (χ4n) is 3.82. The van der Waals surface area contributed by atoms with E-state index in [-0.39, 0.29) is 30.9 Å². The number of rotatable bonds is 5. The van der Waals surface area contributed by atoms with Gasteiger partial charge in [-0.05, 0) is 49.2 Å². The SMILES string of the molecule is O=C(C[C@@H]1SC(N2CCCC2)=NC1=O)Nc1ccc(C(=O)Nc2ccc3c(c2)OCO3)cc1. The van der Waals surface area contributed by atoms with Gasteiger partial charge >= 0.3 is 0 Å². The van der Waals surface area contributed by atoms with Crippen molar-refractivity contribution in [1.29, 1.82) is 0 Å². The molecule has 0 saturated carbocycles. The summed E-state index contributed by atoms with van der Waals surface area (Å²) in [5.41, 5.74) is 1.59. The molecule has 1 saturated heterocycles. The van der Waals surface area contributed by atoms with Gasteiger partial charge in [-0.1, -0.05) is 11.8 Å². The lowest BCUT2D eigenvalue weighted by molar-refractivity contribution is -0.121. The molecule has 2 N–H and O–H groups in total. The van der Waals surface area contributed by atoms with Crippen molar-refractivity contribution in [3.8, 4) is 11.5 Å². The van der Waals surface area contributed by atoms with Gasteiger partial charge in [0.05, 0.1) is 0 Å². The summed E-state index contributed by atoms with van der Waals surface area (Å²) < 4.78 is 10.6. The van der Waals surface area contributed by atoms with Crippen molar-refractivity contribution in [2.75, 3.05) is 30.5 Å². The minimum absolute atomic E-state index is 0.0523. The zero-order valence-electron chi connectivity index (χ0n) is 17.7. The zero-order chi connectivity index (χ0) is 22.8. The van der Waals surface area contributed by atoms with Gasteiger partial charge in [0.2, 0.25) is 12.7 Å². The van der Waals surface area contributed by atoms with Gasteiger partial charge in [0.1, 0.15) is 5.25 Å². The summed E-state index contributed by atoms with van der Waals surface area (Å²) in [7, 11) is 0. The van der Waals surface area contributed by atoms with E-state index < -0.39 is 5.25 Å². The Hall–Kier alpha value is -3.53. The molecule has 0 aliphatic carbocycles. The van der Waals surface area contributed by atoms with Crippen LogP contribution in [0.4, 0.5) is 11.4 Å². The molecule has 1 atom stereocenters. The summed E-state index contributed by atoms with van der Waals surface area (Å²) in [5, 5.41) is 5.83. The smallest absolute Gasteiger partial charge is 0.262 e. The summed E-state index contributed by atoms with van der Waals surface area (Å²) in [6.45, 7) is 1.99. The van der Waals surface area contributed by atoms with Gasteiger partial charge in [0.25, 0.3) is 11.8 Å². The Morgan fingerprint density at radius 3 is 2.52 bits per heavy atom. The molecule has 2 aromatic carbocycles. The highest BCUT2D eigenvalue weighted by Gasteiger charge is 2.33. The number of ether oxygens (including phenoxy) is 2. The molecule has 3 aliphatic rings. The van der Waals surface area contributed by atoms with Crippen molar-refractivity contribution in [2.45, 2.75) is 24.5 Å². The van der Waals surface area contributed by atoms with E-state index in [1.807, 2.05) is 0 Å². The van der Waals surface area contributed by atoms with Crippen LogP contribution in [0, 0.1) is 0 Å². The van der Waals surface area contributed by atoms with Crippen LogP contribution >= 0.6 is 11.8 Å². The van der Waals surface area contributed by atoms with Crippen LogP contribution in [0.1, 0.15) is 29.6 Å². The average molecular weight is 467 g/mol. The number of carbonyl (C=O) groups is 3. The second kappa shape index (κ2) is 9.14. The zero-order valence-corrected chi connectivity index (χ0v) is 18.5. The third-order valence-corrected chi connectivity index (χ3v) is 6.75. The van der Waals surface area contributed by atoms with Crippen LogP contribution in [-0.4, -0.2) is 52.9 Å². The van der Waals surface area contributed by atoms with Gasteiger partial charge in [0, 0.05) is 42.5 Å². The first-order valence-electron chi connectivity index (χ1n) is 10.7. The Morgan fingerprint density at radius 1 is 1.00 bits per heavy atom. The highest BCUT2D eigenvalue weighted by atomic mass is 32.2. The fraction of sp³-hybridized carbons (Fsp3) is 0.304. The summed E-state index contributed by atoms with van der Waals surface area (Å²) >= 11 is 1.37. The van der Waals surface area contributed by atoms with Gasteiger partial charge in [-0.3, -0.25) is 14.4 Å². The quantitative estimate of drug-likeness (QED) is 0.697. The minimum Gasteiger partial charge on any atom is -0.454 e. The summed E-state index contributed by atoms with van der Waals surface area (Å²) in [6.07, 6.45) is 2.25. The maximum atomic E-state index is 12.5. The molecule has 3 amide bonds. The molecule has 170 valence electrons. The Bertz CT molecular complexity index is 1130. The number of nitrogens with one attached hydrogen (secondary N) is 2. The number of benzene rings is 2. The van der Waals surface area contributed by atoms with Gasteiger partial charge in [0.15, 0.2) is 16.7 Å². The largest absolute Gasteiger partial charge is 0.454 e. The van der Waals surface area contributed by atoms with Crippen molar-refractivity contribution in [2.24, 2.45) is 4.99 Å². The number of hydrogen-bond donors (Lipinski definition) is 2. The van der Waals surface area contributed by atoms with Crippen LogP contribution in [0.25, 0.3) is 0 Å². The second-order valence-electron chi connectivity index (χ2n) is 7.89. The molecular weight excluding hydrogens is 444 g/mol. The van der Waals surface area contributed by atoms with E-state index in [1.54, 1.807) is 42.5 Å². The van der Waals surface area contributed by atoms with Gasteiger partial charge in [-0.2, -0.15) is 4.99 Å². The first kappa shape index (κ1) is 21.3. The standard InChI is InChI=1S/C23H22N4O5S/c28-20(12-19-22(30)26-23(33-19)27-9-1-2-10-27)24-15-5-3-14(4-6-15)21(29)25-16-7-8-17-18(11-16)32-13-31-17/h3-8,11,19H,1-2,9-10,12-13H2,(H,24,28)(H,25,29)/t19-/m0/s1. The van der Waals surface area contributed by atoms with E-state index >= 15 is 0 Å². The molecule has 0 unspecified atom stereocenters. The molecule has 0 spiro atoms. The molecule has 0 radical (unpaired) electrons. The normalized spacial score (nSPS) is 18.9. The maximum Gasteiger partial charge on any atom is 0.262 e. The number of hydrogen-bond acceptors (Lipinski definition) is 7. The van der Waals surface area contributed by atoms with E-state index in [0.717, 1.165) is 31.1 Å². The minimum atomic E-state index is -0.493. The van der Waals surface area contributed by atoms with Crippen molar-refractivity contribution in [3.63, 3.8) is 0 Å². The highest BCUT2D eigenvalue weighted by molar-refractivity contribution is 8.15. The topological polar surface area (TPSA) is 109 Å². The number of fused-ring (bicyclic) bond motifs is 1. The van der Waals surface area contributed by atoms with Crippen LogP contribution in [0.3, 0.4) is 0 Å². The first-order valence-corrected chi connectivity index (χ1v) is 11.6. The lowest BCUT2D eigenvalue weighted by atomic mass is 10.1. The van der Waals surface area contributed by atoms with Crippen molar-refractivity contribution in [3.05, 3.63) is 48.0 Å². The summed E-state index contributed by atoms with van der Waals surface area (Å²) in [4.78, 5) is 43.4. The molecule has 5 rings (SSSR count). The molecule has 3 heterocycles. The molecule has 33 heavy (non-hydrogen) atoms. The van der Waals surface area contributed by atoms with E-state index in [1.165, 1.54) is 11.8 Å². The van der Waals surface area contributed by atoms with Crippen LogP contribution in [0.15, 0.2) is 47.5 Å². The average Bonchev–Trinajstić information content (AvgIpc) is 3.55. The molecular formula is C23H22N4O5S. The predicted octanol–water partition coefficient (Wildman–Crippen LogP) is 3.09. The predicted molar refractivity (Wildman–Crippen MR) is 125 cm³/mol. The number of thioether (sulfide) groups is 1. The third-order valence-electron chi connectivity index (χ3n) is 5.54. The first-order chi connectivity index (χ1) is 16.0. The van der Waals surface area contributed by atoms with Crippen LogP contribution in [0.2, 0.25) is 0 Å². The van der Waals surface area contributed by atoms with Gasteiger partial charge in [-0.25, -0.2) is 0 Å². The molecule has 3 aliphatic heterocycles. The van der Waals surface area contributed by atoms with E-state index in [9.17, 15) is 14.4 Å². The number of nitrogens with zero attached hydrogens (tertiary/aromatic N) is 2. The Labute approximate surface area is 194 Å². The fourth-order valence-corrected chi connectivity index (χ4v) is 4.93. The van der Waals surface area contributed by atoms with E-state index in [2.05, 4.69) is 20.5 Å². The second-order valence-corrected chi connectivity index (χ2v) is 9.05.